The first-order chi connectivity index (χ1) is 10.5. The first-order valence-corrected chi connectivity index (χ1v) is 8.96. The maximum absolute atomic E-state index is 12.5. The summed E-state index contributed by atoms with van der Waals surface area (Å²) in [6.45, 7) is 4.13. The summed E-state index contributed by atoms with van der Waals surface area (Å²) in [4.78, 5) is 4.06. The summed E-state index contributed by atoms with van der Waals surface area (Å²) in [5.74, 6) is 0. The van der Waals surface area contributed by atoms with Crippen LogP contribution in [0.1, 0.15) is 50.0 Å². The first kappa shape index (κ1) is 15.2. The zero-order chi connectivity index (χ0) is 15.7. The van der Waals surface area contributed by atoms with Crippen LogP contribution in [0.5, 0.6) is 0 Å². The molecule has 0 bridgehead atoms. The Balaban J connectivity index is 1.89. The van der Waals surface area contributed by atoms with E-state index in [1.807, 2.05) is 10.9 Å². The number of nitrogens with zero attached hydrogens (tertiary/aromatic N) is 3. The fraction of sp³-hybridized carbons (Fsp3) is 0.467. The Labute approximate surface area is 130 Å². The molecule has 7 heteroatoms. The van der Waals surface area contributed by atoms with Crippen LogP contribution < -0.4 is 4.72 Å². The Hall–Kier alpha value is -1.73. The third-order valence-corrected chi connectivity index (χ3v) is 5.34. The summed E-state index contributed by atoms with van der Waals surface area (Å²) in [6.07, 6.45) is 7.62. The maximum atomic E-state index is 12.5. The molecule has 1 N–H and O–H groups in total. The normalized spacial score (nSPS) is 18.4. The van der Waals surface area contributed by atoms with Gasteiger partial charge in [0.2, 0.25) is 10.0 Å². The minimum absolute atomic E-state index is 0.186. The lowest BCUT2D eigenvalue weighted by molar-refractivity contribution is 0.481. The van der Waals surface area contributed by atoms with E-state index in [1.54, 1.807) is 18.3 Å². The van der Waals surface area contributed by atoms with Gasteiger partial charge in [0.25, 0.3) is 0 Å². The zero-order valence-corrected chi connectivity index (χ0v) is 13.5. The Kier molecular flexibility index (Phi) is 4.01. The molecule has 1 aliphatic rings. The van der Waals surface area contributed by atoms with Crippen LogP contribution >= 0.6 is 0 Å². The summed E-state index contributed by atoms with van der Waals surface area (Å²) < 4.78 is 29.6. The van der Waals surface area contributed by atoms with Gasteiger partial charge in [-0.15, -0.1) is 0 Å². The van der Waals surface area contributed by atoms with Crippen molar-refractivity contribution in [3.8, 4) is 0 Å². The molecule has 1 aliphatic carbocycles. The monoisotopic (exact) mass is 320 g/mol. The van der Waals surface area contributed by atoms with Gasteiger partial charge in [0.15, 0.2) is 0 Å². The smallest absolute Gasteiger partial charge is 0.242 e. The number of hydrogen-bond donors (Lipinski definition) is 1. The molecule has 0 saturated carbocycles. The highest BCUT2D eigenvalue weighted by molar-refractivity contribution is 7.89. The van der Waals surface area contributed by atoms with Crippen molar-refractivity contribution in [3.05, 3.63) is 42.0 Å². The van der Waals surface area contributed by atoms with Crippen LogP contribution in [0.25, 0.3) is 0 Å². The van der Waals surface area contributed by atoms with Gasteiger partial charge >= 0.3 is 0 Å². The molecular formula is C15H20N4O2S. The van der Waals surface area contributed by atoms with E-state index in [-0.39, 0.29) is 17.0 Å². The molecule has 2 heterocycles. The fourth-order valence-corrected chi connectivity index (χ4v) is 3.90. The predicted molar refractivity (Wildman–Crippen MR) is 82.8 cm³/mol. The van der Waals surface area contributed by atoms with Gasteiger partial charge < -0.3 is 0 Å². The number of pyridine rings is 1. The molecule has 0 radical (unpaired) electrons. The average molecular weight is 320 g/mol. The largest absolute Gasteiger partial charge is 0.270 e. The van der Waals surface area contributed by atoms with Gasteiger partial charge in [0.05, 0.1) is 11.7 Å². The zero-order valence-electron chi connectivity index (χ0n) is 12.7. The quantitative estimate of drug-likeness (QED) is 0.937. The standard InChI is InChI=1S/C15H20N4O2S/c1-11(2)19-10-12-5-3-7-14(15(12)17-19)18-22(20,21)13-6-4-8-16-9-13/h4,6,8-11,14,18H,3,5,7H2,1-2H3/t14-/m1/s1. The average Bonchev–Trinajstić information content (AvgIpc) is 2.93. The molecule has 0 spiro atoms. The Morgan fingerprint density at radius 2 is 2.23 bits per heavy atom. The lowest BCUT2D eigenvalue weighted by atomic mass is 9.94. The molecule has 0 saturated heterocycles. The van der Waals surface area contributed by atoms with Crippen molar-refractivity contribution in [2.75, 3.05) is 0 Å². The first-order valence-electron chi connectivity index (χ1n) is 7.47. The highest BCUT2D eigenvalue weighted by Gasteiger charge is 2.28. The molecule has 2 aromatic heterocycles. The minimum Gasteiger partial charge on any atom is -0.270 e. The van der Waals surface area contributed by atoms with Gasteiger partial charge in [-0.1, -0.05) is 0 Å². The molecular weight excluding hydrogens is 300 g/mol. The number of hydrogen-bond acceptors (Lipinski definition) is 4. The second-order valence-corrected chi connectivity index (χ2v) is 7.58. The van der Waals surface area contributed by atoms with E-state index in [0.717, 1.165) is 30.5 Å². The van der Waals surface area contributed by atoms with Crippen LogP contribution in [0.2, 0.25) is 0 Å². The Morgan fingerprint density at radius 3 is 2.91 bits per heavy atom. The third kappa shape index (κ3) is 2.91. The van der Waals surface area contributed by atoms with E-state index in [2.05, 4.69) is 28.7 Å². The summed E-state index contributed by atoms with van der Waals surface area (Å²) in [7, 11) is -3.58. The second-order valence-electron chi connectivity index (χ2n) is 5.87. The van der Waals surface area contributed by atoms with Crippen LogP contribution in [0.15, 0.2) is 35.6 Å². The summed E-state index contributed by atoms with van der Waals surface area (Å²) >= 11 is 0. The molecule has 0 aliphatic heterocycles. The lowest BCUT2D eigenvalue weighted by Crippen LogP contribution is -2.31. The van der Waals surface area contributed by atoms with Gasteiger partial charge in [-0.2, -0.15) is 5.10 Å². The number of nitrogens with one attached hydrogen (secondary N) is 1. The highest BCUT2D eigenvalue weighted by atomic mass is 32.2. The van der Waals surface area contributed by atoms with Crippen molar-refractivity contribution in [3.63, 3.8) is 0 Å². The highest BCUT2D eigenvalue weighted by Crippen LogP contribution is 2.30. The number of aromatic nitrogens is 3. The molecule has 1 atom stereocenters. The molecule has 0 fully saturated rings. The molecule has 22 heavy (non-hydrogen) atoms. The Morgan fingerprint density at radius 1 is 1.41 bits per heavy atom. The third-order valence-electron chi connectivity index (χ3n) is 3.88. The van der Waals surface area contributed by atoms with Crippen LogP contribution in [0, 0.1) is 0 Å². The van der Waals surface area contributed by atoms with Crippen LogP contribution in [-0.4, -0.2) is 23.2 Å². The summed E-state index contributed by atoms with van der Waals surface area (Å²) in [5.41, 5.74) is 1.99. The van der Waals surface area contributed by atoms with Crippen LogP contribution in [0.4, 0.5) is 0 Å². The van der Waals surface area contributed by atoms with Crippen LogP contribution in [0.3, 0.4) is 0 Å². The van der Waals surface area contributed by atoms with Gasteiger partial charge in [-0.3, -0.25) is 9.67 Å². The van der Waals surface area contributed by atoms with Crippen LogP contribution in [-0.2, 0) is 16.4 Å². The van der Waals surface area contributed by atoms with E-state index in [1.165, 1.54) is 6.20 Å². The number of sulfonamides is 1. The second kappa shape index (κ2) is 5.81. The van der Waals surface area contributed by atoms with Gasteiger partial charge in [-0.25, -0.2) is 13.1 Å². The number of fused-ring (bicyclic) bond motifs is 1. The van der Waals surface area contributed by atoms with Crippen molar-refractivity contribution < 1.29 is 8.42 Å². The molecule has 6 nitrogen and oxygen atoms in total. The van der Waals surface area contributed by atoms with Crippen molar-refractivity contribution in [2.24, 2.45) is 0 Å². The SMILES string of the molecule is CC(C)n1cc2c(n1)[C@H](NS(=O)(=O)c1cccnc1)CCC2. The molecule has 118 valence electrons. The maximum Gasteiger partial charge on any atom is 0.242 e. The van der Waals surface area contributed by atoms with E-state index >= 15 is 0 Å². The van der Waals surface area contributed by atoms with E-state index in [0.29, 0.717) is 0 Å². The minimum atomic E-state index is -3.58. The van der Waals surface area contributed by atoms with Crippen molar-refractivity contribution in [2.45, 2.75) is 50.1 Å². The summed E-state index contributed by atoms with van der Waals surface area (Å²) in [6, 6.07) is 3.16. The van der Waals surface area contributed by atoms with Crippen molar-refractivity contribution in [1.29, 1.82) is 0 Å². The van der Waals surface area contributed by atoms with Gasteiger partial charge in [0, 0.05) is 24.6 Å². The molecule has 2 aromatic rings. The van der Waals surface area contributed by atoms with Crippen molar-refractivity contribution >= 4 is 10.0 Å². The topological polar surface area (TPSA) is 76.9 Å². The van der Waals surface area contributed by atoms with Crippen molar-refractivity contribution in [1.82, 2.24) is 19.5 Å². The van der Waals surface area contributed by atoms with Gasteiger partial charge in [-0.05, 0) is 50.8 Å². The molecule has 0 aromatic carbocycles. The number of rotatable bonds is 4. The van der Waals surface area contributed by atoms with E-state index in [4.69, 9.17) is 0 Å². The lowest BCUT2D eigenvalue weighted by Gasteiger charge is -2.22. The Bertz CT molecular complexity index is 753. The predicted octanol–water partition coefficient (Wildman–Crippen LogP) is 2.21. The molecule has 0 amide bonds. The van der Waals surface area contributed by atoms with Gasteiger partial charge in [0.1, 0.15) is 4.90 Å². The van der Waals surface area contributed by atoms with E-state index < -0.39 is 10.0 Å². The molecule has 0 unspecified atom stereocenters. The van der Waals surface area contributed by atoms with E-state index in [9.17, 15) is 8.42 Å². The fourth-order valence-electron chi connectivity index (χ4n) is 2.70. The number of aryl methyl sites for hydroxylation is 1. The summed E-state index contributed by atoms with van der Waals surface area (Å²) in [5, 5.41) is 4.58. The molecule has 3 rings (SSSR count).